The van der Waals surface area contributed by atoms with Gasteiger partial charge in [-0.25, -0.2) is 0 Å². The molecule has 1 N–H and O–H groups in total. The molecule has 0 radical (unpaired) electrons. The first-order valence-corrected chi connectivity index (χ1v) is 5.44. The van der Waals surface area contributed by atoms with Crippen LogP contribution in [0.15, 0.2) is 24.3 Å². The first-order chi connectivity index (χ1) is 7.29. The summed E-state index contributed by atoms with van der Waals surface area (Å²) in [5.41, 5.74) is 0. The Morgan fingerprint density at radius 1 is 1.20 bits per heavy atom. The van der Waals surface area contributed by atoms with Gasteiger partial charge >= 0.3 is 5.97 Å². The van der Waals surface area contributed by atoms with Gasteiger partial charge in [-0.3, -0.25) is 4.79 Å². The maximum atomic E-state index is 11.1. The van der Waals surface area contributed by atoms with E-state index in [0.717, 1.165) is 12.8 Å². The van der Waals surface area contributed by atoms with Crippen LogP contribution in [-0.4, -0.2) is 23.8 Å². The van der Waals surface area contributed by atoms with Crippen LogP contribution in [0.3, 0.4) is 0 Å². The van der Waals surface area contributed by atoms with Crippen LogP contribution in [0.1, 0.15) is 32.1 Å². The van der Waals surface area contributed by atoms with Crippen LogP contribution in [0.25, 0.3) is 0 Å². The Morgan fingerprint density at radius 3 is 2.73 bits per heavy atom. The van der Waals surface area contributed by atoms with Gasteiger partial charge < -0.3 is 9.84 Å². The van der Waals surface area contributed by atoms with Gasteiger partial charge in [0.05, 0.1) is 12.7 Å². The first kappa shape index (κ1) is 12.0. The highest BCUT2D eigenvalue weighted by Gasteiger charge is 2.06. The Hall–Kier alpha value is -1.09. The summed E-state index contributed by atoms with van der Waals surface area (Å²) in [7, 11) is 0. The molecule has 1 rings (SSSR count). The summed E-state index contributed by atoms with van der Waals surface area (Å²) in [5.74, 6) is -0.185. The Balaban J connectivity index is 2.40. The predicted octanol–water partition coefficient (Wildman–Crippen LogP) is 1.97. The van der Waals surface area contributed by atoms with Crippen LogP contribution in [0, 0.1) is 0 Å². The molecule has 0 aliphatic carbocycles. The normalized spacial score (nSPS) is 29.1. The number of hydrogen-bond acceptors (Lipinski definition) is 3. The Labute approximate surface area is 90.4 Å². The number of aliphatic hydroxyl groups excluding tert-OH is 1. The third kappa shape index (κ3) is 6.07. The number of carbonyl (C=O) groups excluding carboxylic acids is 1. The van der Waals surface area contributed by atoms with Crippen LogP contribution in [0.2, 0.25) is 0 Å². The highest BCUT2D eigenvalue weighted by Crippen LogP contribution is 2.05. The molecule has 0 aromatic carbocycles. The second kappa shape index (κ2) is 7.23. The van der Waals surface area contributed by atoms with Gasteiger partial charge in [-0.1, -0.05) is 24.3 Å². The lowest BCUT2D eigenvalue weighted by Gasteiger charge is -2.09. The quantitative estimate of drug-likeness (QED) is 0.622. The molecule has 1 aliphatic heterocycles. The van der Waals surface area contributed by atoms with Crippen molar-refractivity contribution >= 4 is 5.97 Å². The van der Waals surface area contributed by atoms with Crippen molar-refractivity contribution in [2.45, 2.75) is 38.2 Å². The molecule has 1 unspecified atom stereocenters. The maximum absolute atomic E-state index is 11.1. The van der Waals surface area contributed by atoms with Crippen molar-refractivity contribution in [1.29, 1.82) is 0 Å². The zero-order valence-electron chi connectivity index (χ0n) is 8.89. The standard InChI is InChI=1S/C12H18O3/c13-11-7-5-3-1-2-4-6-8-12(14)15-10-9-11/h1-4,11,13H,5-10H2/b3-1+,4-2-. The zero-order chi connectivity index (χ0) is 10.9. The molecule has 1 atom stereocenters. The van der Waals surface area contributed by atoms with Crippen molar-refractivity contribution in [3.63, 3.8) is 0 Å². The van der Waals surface area contributed by atoms with Gasteiger partial charge in [0.1, 0.15) is 0 Å². The smallest absolute Gasteiger partial charge is 0.306 e. The van der Waals surface area contributed by atoms with E-state index in [0.29, 0.717) is 25.9 Å². The molecule has 0 amide bonds. The van der Waals surface area contributed by atoms with Crippen LogP contribution in [0.4, 0.5) is 0 Å². The maximum Gasteiger partial charge on any atom is 0.306 e. The van der Waals surface area contributed by atoms with E-state index in [2.05, 4.69) is 0 Å². The molecule has 0 spiro atoms. The number of hydrogen-bond donors (Lipinski definition) is 1. The fourth-order valence-electron chi connectivity index (χ4n) is 1.36. The molecular weight excluding hydrogens is 192 g/mol. The molecule has 0 saturated heterocycles. The molecule has 3 heteroatoms. The summed E-state index contributed by atoms with van der Waals surface area (Å²) in [4.78, 5) is 11.1. The van der Waals surface area contributed by atoms with E-state index < -0.39 is 0 Å². The average molecular weight is 210 g/mol. The van der Waals surface area contributed by atoms with E-state index in [1.54, 1.807) is 0 Å². The Morgan fingerprint density at radius 2 is 1.93 bits per heavy atom. The van der Waals surface area contributed by atoms with Gasteiger partial charge in [0.25, 0.3) is 0 Å². The van der Waals surface area contributed by atoms with Gasteiger partial charge in [0.2, 0.25) is 0 Å². The predicted molar refractivity (Wildman–Crippen MR) is 58.3 cm³/mol. The zero-order valence-corrected chi connectivity index (χ0v) is 8.89. The SMILES string of the molecule is O=C1CC/C=C\C=C\CCC(O)CCO1. The van der Waals surface area contributed by atoms with Gasteiger partial charge in [0, 0.05) is 12.8 Å². The van der Waals surface area contributed by atoms with E-state index in [1.165, 1.54) is 0 Å². The van der Waals surface area contributed by atoms with Gasteiger partial charge in [-0.15, -0.1) is 0 Å². The number of esters is 1. The van der Waals surface area contributed by atoms with Gasteiger partial charge in [0.15, 0.2) is 0 Å². The fourth-order valence-corrected chi connectivity index (χ4v) is 1.36. The third-order valence-electron chi connectivity index (χ3n) is 2.28. The molecule has 0 saturated carbocycles. The molecule has 15 heavy (non-hydrogen) atoms. The molecule has 0 aromatic heterocycles. The summed E-state index contributed by atoms with van der Waals surface area (Å²) >= 11 is 0. The van der Waals surface area contributed by atoms with Crippen molar-refractivity contribution in [3.05, 3.63) is 24.3 Å². The number of cyclic esters (lactones) is 1. The molecule has 0 fully saturated rings. The van der Waals surface area contributed by atoms with E-state index in [1.807, 2.05) is 24.3 Å². The number of allylic oxidation sites excluding steroid dienone is 4. The van der Waals surface area contributed by atoms with Crippen molar-refractivity contribution < 1.29 is 14.6 Å². The lowest BCUT2D eigenvalue weighted by molar-refractivity contribution is -0.144. The minimum atomic E-state index is -0.368. The van der Waals surface area contributed by atoms with Gasteiger partial charge in [-0.2, -0.15) is 0 Å². The van der Waals surface area contributed by atoms with Crippen LogP contribution in [0.5, 0.6) is 0 Å². The molecule has 0 aromatic rings. The van der Waals surface area contributed by atoms with E-state index >= 15 is 0 Å². The monoisotopic (exact) mass is 210 g/mol. The summed E-state index contributed by atoms with van der Waals surface area (Å²) in [6.07, 6.45) is 10.7. The second-order valence-corrected chi connectivity index (χ2v) is 3.64. The Bertz CT molecular complexity index is 243. The highest BCUT2D eigenvalue weighted by molar-refractivity contribution is 5.69. The average Bonchev–Trinajstić information content (AvgIpc) is 2.22. The fraction of sp³-hybridized carbons (Fsp3) is 0.583. The van der Waals surface area contributed by atoms with E-state index in [-0.39, 0.29) is 12.1 Å². The lowest BCUT2D eigenvalue weighted by atomic mass is 10.1. The lowest BCUT2D eigenvalue weighted by Crippen LogP contribution is -2.13. The second-order valence-electron chi connectivity index (χ2n) is 3.64. The molecule has 1 heterocycles. The van der Waals surface area contributed by atoms with Crippen LogP contribution < -0.4 is 0 Å². The molecule has 0 bridgehead atoms. The van der Waals surface area contributed by atoms with Crippen LogP contribution >= 0.6 is 0 Å². The number of ether oxygens (including phenoxy) is 1. The minimum Gasteiger partial charge on any atom is -0.466 e. The molecule has 3 nitrogen and oxygen atoms in total. The summed E-state index contributed by atoms with van der Waals surface area (Å²) < 4.78 is 4.97. The molecule has 1 aliphatic rings. The minimum absolute atomic E-state index is 0.185. The van der Waals surface area contributed by atoms with E-state index in [9.17, 15) is 9.90 Å². The van der Waals surface area contributed by atoms with E-state index in [4.69, 9.17) is 4.74 Å². The number of rotatable bonds is 0. The van der Waals surface area contributed by atoms with Crippen molar-refractivity contribution in [1.82, 2.24) is 0 Å². The van der Waals surface area contributed by atoms with Crippen molar-refractivity contribution in [2.24, 2.45) is 0 Å². The first-order valence-electron chi connectivity index (χ1n) is 5.44. The van der Waals surface area contributed by atoms with Gasteiger partial charge in [-0.05, 0) is 19.3 Å². The third-order valence-corrected chi connectivity index (χ3v) is 2.28. The molecule has 84 valence electrons. The summed E-state index contributed by atoms with van der Waals surface area (Å²) in [6.45, 7) is 0.327. The molecular formula is C12H18O3. The number of carbonyl (C=O) groups is 1. The highest BCUT2D eigenvalue weighted by atomic mass is 16.5. The van der Waals surface area contributed by atoms with Crippen molar-refractivity contribution in [3.8, 4) is 0 Å². The Kier molecular flexibility index (Phi) is 5.78. The van der Waals surface area contributed by atoms with Crippen LogP contribution in [-0.2, 0) is 9.53 Å². The summed E-state index contributed by atoms with van der Waals surface area (Å²) in [5, 5.41) is 9.51. The number of aliphatic hydroxyl groups is 1. The largest absolute Gasteiger partial charge is 0.466 e. The van der Waals surface area contributed by atoms with Crippen molar-refractivity contribution in [2.75, 3.05) is 6.61 Å². The summed E-state index contributed by atoms with van der Waals surface area (Å²) in [6, 6.07) is 0. The topological polar surface area (TPSA) is 46.5 Å².